The Hall–Kier alpha value is -2.15. The van der Waals surface area contributed by atoms with E-state index in [1.54, 1.807) is 0 Å². The van der Waals surface area contributed by atoms with Gasteiger partial charge in [0.2, 0.25) is 0 Å². The molecule has 0 unspecified atom stereocenters. The van der Waals surface area contributed by atoms with Crippen molar-refractivity contribution in [3.05, 3.63) is 53.6 Å². The van der Waals surface area contributed by atoms with E-state index < -0.39 is 27.2 Å². The number of nitrogens with two attached hydrogens (primary N) is 1. The Bertz CT molecular complexity index is 776. The molecule has 0 atom stereocenters. The number of hydrogen-bond donors (Lipinski definition) is 1. The molecule has 21 heavy (non-hydrogen) atoms. The molecule has 0 spiro atoms. The molecule has 0 aliphatic heterocycles. The second kappa shape index (κ2) is 5.69. The van der Waals surface area contributed by atoms with Crippen LogP contribution in [0.2, 0.25) is 0 Å². The summed E-state index contributed by atoms with van der Waals surface area (Å²) in [5, 5.41) is 0. The minimum absolute atomic E-state index is 0.0203. The number of benzene rings is 2. The highest BCUT2D eigenvalue weighted by atomic mass is 32.2. The van der Waals surface area contributed by atoms with Gasteiger partial charge in [0.1, 0.15) is 17.4 Å². The standard InChI is InChI=1S/C14H13F2NO3S/c1-20-10-3-2-9(12(15)6-10)8-21(18,19)11-4-5-14(17)13(16)7-11/h2-7H,8,17H2,1H3. The van der Waals surface area contributed by atoms with Crippen molar-refractivity contribution >= 4 is 15.5 Å². The summed E-state index contributed by atoms with van der Waals surface area (Å²) in [6.07, 6.45) is 0. The van der Waals surface area contributed by atoms with Crippen LogP contribution in [0.4, 0.5) is 14.5 Å². The van der Waals surface area contributed by atoms with Crippen LogP contribution < -0.4 is 10.5 Å². The molecule has 0 heterocycles. The lowest BCUT2D eigenvalue weighted by molar-refractivity contribution is 0.411. The molecule has 0 aromatic heterocycles. The molecule has 7 heteroatoms. The van der Waals surface area contributed by atoms with E-state index in [0.717, 1.165) is 18.2 Å². The topological polar surface area (TPSA) is 69.4 Å². The fraction of sp³-hybridized carbons (Fsp3) is 0.143. The average molecular weight is 313 g/mol. The summed E-state index contributed by atoms with van der Waals surface area (Å²) >= 11 is 0. The first kappa shape index (κ1) is 15.2. The van der Waals surface area contributed by atoms with Gasteiger partial charge in [-0.25, -0.2) is 17.2 Å². The summed E-state index contributed by atoms with van der Waals surface area (Å²) in [5.41, 5.74) is 5.13. The monoisotopic (exact) mass is 313 g/mol. The van der Waals surface area contributed by atoms with Gasteiger partial charge in [-0.05, 0) is 24.3 Å². The summed E-state index contributed by atoms with van der Waals surface area (Å²) in [7, 11) is -2.49. The third-order valence-electron chi connectivity index (χ3n) is 2.94. The van der Waals surface area contributed by atoms with Crippen molar-refractivity contribution in [2.45, 2.75) is 10.6 Å². The van der Waals surface area contributed by atoms with E-state index in [0.29, 0.717) is 0 Å². The third kappa shape index (κ3) is 3.30. The van der Waals surface area contributed by atoms with E-state index in [4.69, 9.17) is 10.5 Å². The Morgan fingerprint density at radius 2 is 1.81 bits per heavy atom. The van der Waals surface area contributed by atoms with E-state index >= 15 is 0 Å². The van der Waals surface area contributed by atoms with Gasteiger partial charge in [0, 0.05) is 11.6 Å². The van der Waals surface area contributed by atoms with E-state index in [1.807, 2.05) is 0 Å². The molecule has 4 nitrogen and oxygen atoms in total. The highest BCUT2D eigenvalue weighted by Gasteiger charge is 2.19. The predicted octanol–water partition coefficient (Wildman–Crippen LogP) is 2.53. The van der Waals surface area contributed by atoms with Gasteiger partial charge in [-0.1, -0.05) is 6.07 Å². The molecule has 0 aliphatic rings. The molecule has 0 saturated carbocycles. The van der Waals surface area contributed by atoms with Crippen LogP contribution in [-0.4, -0.2) is 15.5 Å². The number of halogens is 2. The van der Waals surface area contributed by atoms with Crippen molar-refractivity contribution in [3.8, 4) is 5.75 Å². The van der Waals surface area contributed by atoms with Gasteiger partial charge in [0.15, 0.2) is 9.84 Å². The molecular formula is C14H13F2NO3S. The van der Waals surface area contributed by atoms with Crippen molar-refractivity contribution in [2.24, 2.45) is 0 Å². The number of anilines is 1. The lowest BCUT2D eigenvalue weighted by atomic mass is 10.2. The summed E-state index contributed by atoms with van der Waals surface area (Å²) < 4.78 is 56.3. The van der Waals surface area contributed by atoms with Crippen LogP contribution in [0.1, 0.15) is 5.56 Å². The van der Waals surface area contributed by atoms with Crippen LogP contribution in [-0.2, 0) is 15.6 Å². The molecule has 2 aromatic rings. The zero-order valence-corrected chi connectivity index (χ0v) is 12.0. The van der Waals surface area contributed by atoms with Crippen LogP contribution in [0.25, 0.3) is 0 Å². The number of nitrogen functional groups attached to an aromatic ring is 1. The van der Waals surface area contributed by atoms with Gasteiger partial charge in [0.25, 0.3) is 0 Å². The second-order valence-corrected chi connectivity index (χ2v) is 6.39. The molecule has 2 rings (SSSR count). The molecule has 2 aromatic carbocycles. The molecule has 0 radical (unpaired) electrons. The highest BCUT2D eigenvalue weighted by molar-refractivity contribution is 7.90. The van der Waals surface area contributed by atoms with Crippen LogP contribution in [0, 0.1) is 11.6 Å². The number of methoxy groups -OCH3 is 1. The minimum atomic E-state index is -3.87. The van der Waals surface area contributed by atoms with Crippen molar-refractivity contribution < 1.29 is 21.9 Å². The fourth-order valence-electron chi connectivity index (χ4n) is 1.76. The van der Waals surface area contributed by atoms with Crippen LogP contribution in [0.5, 0.6) is 5.75 Å². The Kier molecular flexibility index (Phi) is 4.13. The molecule has 112 valence electrons. The number of hydrogen-bond acceptors (Lipinski definition) is 4. The molecule has 0 bridgehead atoms. The Morgan fingerprint density at radius 3 is 2.38 bits per heavy atom. The van der Waals surface area contributed by atoms with Gasteiger partial charge in [-0.3, -0.25) is 0 Å². The summed E-state index contributed by atoms with van der Waals surface area (Å²) in [4.78, 5) is -0.246. The van der Waals surface area contributed by atoms with Crippen LogP contribution in [0.15, 0.2) is 41.3 Å². The molecule has 0 aliphatic carbocycles. The lowest BCUT2D eigenvalue weighted by Gasteiger charge is -2.08. The highest BCUT2D eigenvalue weighted by Crippen LogP contribution is 2.23. The van der Waals surface area contributed by atoms with Crippen molar-refractivity contribution in [3.63, 3.8) is 0 Å². The Labute approximate surface area is 121 Å². The number of rotatable bonds is 4. The van der Waals surface area contributed by atoms with E-state index in [2.05, 4.69) is 0 Å². The van der Waals surface area contributed by atoms with Crippen LogP contribution in [0.3, 0.4) is 0 Å². The summed E-state index contributed by atoms with van der Waals surface area (Å²) in [6, 6.07) is 7.04. The van der Waals surface area contributed by atoms with Crippen molar-refractivity contribution in [1.29, 1.82) is 0 Å². The van der Waals surface area contributed by atoms with E-state index in [1.165, 1.54) is 25.3 Å². The summed E-state index contributed by atoms with van der Waals surface area (Å²) in [5.74, 6) is -1.82. The number of sulfone groups is 1. The molecule has 0 fully saturated rings. The van der Waals surface area contributed by atoms with Crippen molar-refractivity contribution in [1.82, 2.24) is 0 Å². The minimum Gasteiger partial charge on any atom is -0.497 e. The van der Waals surface area contributed by atoms with E-state index in [-0.39, 0.29) is 21.9 Å². The zero-order valence-electron chi connectivity index (χ0n) is 11.1. The summed E-state index contributed by atoms with van der Waals surface area (Å²) in [6.45, 7) is 0. The first-order chi connectivity index (χ1) is 9.83. The third-order valence-corrected chi connectivity index (χ3v) is 4.60. The van der Waals surface area contributed by atoms with Gasteiger partial charge in [-0.15, -0.1) is 0 Å². The maximum atomic E-state index is 13.8. The Morgan fingerprint density at radius 1 is 1.10 bits per heavy atom. The molecule has 0 saturated heterocycles. The first-order valence-electron chi connectivity index (χ1n) is 5.93. The van der Waals surface area contributed by atoms with E-state index in [9.17, 15) is 17.2 Å². The van der Waals surface area contributed by atoms with Gasteiger partial charge < -0.3 is 10.5 Å². The average Bonchev–Trinajstić information content (AvgIpc) is 2.43. The maximum absolute atomic E-state index is 13.8. The van der Waals surface area contributed by atoms with Crippen LogP contribution >= 0.6 is 0 Å². The zero-order chi connectivity index (χ0) is 15.6. The molecule has 2 N–H and O–H groups in total. The van der Waals surface area contributed by atoms with Gasteiger partial charge >= 0.3 is 0 Å². The normalized spacial score (nSPS) is 11.4. The second-order valence-electron chi connectivity index (χ2n) is 4.40. The molecular weight excluding hydrogens is 300 g/mol. The fourth-order valence-corrected chi connectivity index (χ4v) is 3.13. The largest absolute Gasteiger partial charge is 0.497 e. The first-order valence-corrected chi connectivity index (χ1v) is 7.59. The molecule has 0 amide bonds. The Balaban J connectivity index is 2.35. The smallest absolute Gasteiger partial charge is 0.182 e. The van der Waals surface area contributed by atoms with Crippen molar-refractivity contribution in [2.75, 3.05) is 12.8 Å². The predicted molar refractivity (Wildman–Crippen MR) is 74.7 cm³/mol. The quantitative estimate of drug-likeness (QED) is 0.881. The maximum Gasteiger partial charge on any atom is 0.182 e. The van der Waals surface area contributed by atoms with Gasteiger partial charge in [-0.2, -0.15) is 0 Å². The lowest BCUT2D eigenvalue weighted by Crippen LogP contribution is -2.07. The van der Waals surface area contributed by atoms with Gasteiger partial charge in [0.05, 0.1) is 23.4 Å². The SMILES string of the molecule is COc1ccc(CS(=O)(=O)c2ccc(N)c(F)c2)c(F)c1. The number of ether oxygens (including phenoxy) is 1.